The van der Waals surface area contributed by atoms with E-state index in [2.05, 4.69) is 25.9 Å². The number of carbonyl (C=O) groups excluding carboxylic acids is 3. The second kappa shape index (κ2) is 11.5. The lowest BCUT2D eigenvalue weighted by Crippen LogP contribution is -2.55. The van der Waals surface area contributed by atoms with Crippen LogP contribution in [0.25, 0.3) is 0 Å². The summed E-state index contributed by atoms with van der Waals surface area (Å²) in [6.07, 6.45) is 1.99. The van der Waals surface area contributed by atoms with Crippen LogP contribution in [-0.2, 0) is 30.4 Å². The number of carboxylic acids is 2. The highest BCUT2D eigenvalue weighted by Crippen LogP contribution is 2.01. The molecule has 0 aliphatic heterocycles. The van der Waals surface area contributed by atoms with E-state index < -0.39 is 60.8 Å². The molecule has 3 amide bonds. The Labute approximate surface area is 171 Å². The first kappa shape index (κ1) is 24.6. The van der Waals surface area contributed by atoms with E-state index in [1.807, 2.05) is 0 Å². The van der Waals surface area contributed by atoms with Gasteiger partial charge >= 0.3 is 11.9 Å². The first-order chi connectivity index (χ1) is 14.0. The number of rotatable bonds is 12. The van der Waals surface area contributed by atoms with Crippen LogP contribution in [0, 0.1) is 5.92 Å². The van der Waals surface area contributed by atoms with Gasteiger partial charge in [0.15, 0.2) is 0 Å². The van der Waals surface area contributed by atoms with Gasteiger partial charge in [-0.1, -0.05) is 13.8 Å². The van der Waals surface area contributed by atoms with Crippen molar-refractivity contribution in [1.29, 1.82) is 0 Å². The minimum atomic E-state index is -1.45. The molecule has 0 aromatic carbocycles. The highest BCUT2D eigenvalue weighted by molar-refractivity contribution is 5.94. The molecule has 0 saturated heterocycles. The molecule has 1 heterocycles. The fraction of sp³-hybridized carbons (Fsp3) is 0.529. The maximum atomic E-state index is 12.2. The topological polar surface area (TPSA) is 217 Å². The number of imidazole rings is 1. The van der Waals surface area contributed by atoms with Gasteiger partial charge in [-0.15, -0.1) is 0 Å². The van der Waals surface area contributed by atoms with Crippen LogP contribution in [0.5, 0.6) is 0 Å². The van der Waals surface area contributed by atoms with Crippen molar-refractivity contribution in [3.63, 3.8) is 0 Å². The van der Waals surface area contributed by atoms with Crippen LogP contribution in [0.2, 0.25) is 0 Å². The number of nitrogens with one attached hydrogen (secondary N) is 4. The van der Waals surface area contributed by atoms with Crippen molar-refractivity contribution in [2.45, 2.75) is 44.8 Å². The Kier molecular flexibility index (Phi) is 9.42. The molecule has 3 unspecified atom stereocenters. The molecule has 13 heteroatoms. The van der Waals surface area contributed by atoms with E-state index in [0.29, 0.717) is 5.69 Å². The molecule has 0 radical (unpaired) electrons. The monoisotopic (exact) mass is 426 g/mol. The highest BCUT2D eigenvalue weighted by atomic mass is 16.4. The molecule has 1 rings (SSSR count). The number of aromatic nitrogens is 2. The van der Waals surface area contributed by atoms with Gasteiger partial charge in [0.05, 0.1) is 25.3 Å². The van der Waals surface area contributed by atoms with Crippen molar-refractivity contribution in [3.05, 3.63) is 18.2 Å². The summed E-state index contributed by atoms with van der Waals surface area (Å²) in [6, 6.07) is -3.67. The molecule has 1 aromatic heterocycles. The van der Waals surface area contributed by atoms with Crippen LogP contribution in [0.4, 0.5) is 0 Å². The Hall–Kier alpha value is -3.48. The maximum Gasteiger partial charge on any atom is 0.326 e. The molecule has 30 heavy (non-hydrogen) atoms. The number of amides is 3. The number of carboxylic acid groups (broad SMARTS) is 2. The number of nitrogens with zero attached hydrogens (tertiary/aromatic N) is 1. The van der Waals surface area contributed by atoms with Crippen molar-refractivity contribution in [1.82, 2.24) is 25.9 Å². The van der Waals surface area contributed by atoms with E-state index in [0.717, 1.165) is 0 Å². The molecule has 3 atom stereocenters. The predicted octanol–water partition coefficient (Wildman–Crippen LogP) is -2.42. The standard InChI is InChI=1S/C17H26N6O7/c1-8(2)14(18)16(28)23-10(4-13(25)26)15(27)20-6-12(24)22-11(17(29)30)3-9-5-19-7-21-9/h5,7-8,10-11,14H,3-4,6,18H2,1-2H3,(H,19,21)(H,20,27)(H,22,24)(H,23,28)(H,25,26)(H,29,30). The molecule has 0 aliphatic rings. The molecule has 0 bridgehead atoms. The number of aliphatic carboxylic acids is 2. The third kappa shape index (κ3) is 8.26. The maximum absolute atomic E-state index is 12.2. The lowest BCUT2D eigenvalue weighted by atomic mass is 10.0. The molecule has 0 aliphatic carbocycles. The molecular weight excluding hydrogens is 400 g/mol. The van der Waals surface area contributed by atoms with Crippen molar-refractivity contribution in [3.8, 4) is 0 Å². The van der Waals surface area contributed by atoms with Crippen LogP contribution >= 0.6 is 0 Å². The third-order valence-corrected chi connectivity index (χ3v) is 4.07. The minimum Gasteiger partial charge on any atom is -0.481 e. The molecule has 166 valence electrons. The van der Waals surface area contributed by atoms with E-state index in [1.54, 1.807) is 13.8 Å². The lowest BCUT2D eigenvalue weighted by Gasteiger charge is -2.21. The largest absolute Gasteiger partial charge is 0.481 e. The van der Waals surface area contributed by atoms with Crippen LogP contribution < -0.4 is 21.7 Å². The fourth-order valence-electron chi connectivity index (χ4n) is 2.31. The van der Waals surface area contributed by atoms with Gasteiger partial charge in [0.25, 0.3) is 0 Å². The van der Waals surface area contributed by atoms with Gasteiger partial charge in [0.1, 0.15) is 12.1 Å². The quantitative estimate of drug-likeness (QED) is 0.189. The fourth-order valence-corrected chi connectivity index (χ4v) is 2.31. The summed E-state index contributed by atoms with van der Waals surface area (Å²) in [7, 11) is 0. The van der Waals surface area contributed by atoms with E-state index in [-0.39, 0.29) is 12.3 Å². The summed E-state index contributed by atoms with van der Waals surface area (Å²) in [4.78, 5) is 65.1. The zero-order valence-electron chi connectivity index (χ0n) is 16.5. The smallest absolute Gasteiger partial charge is 0.326 e. The molecule has 13 nitrogen and oxygen atoms in total. The van der Waals surface area contributed by atoms with Crippen LogP contribution in [-0.4, -0.2) is 74.5 Å². The molecular formula is C17H26N6O7. The van der Waals surface area contributed by atoms with E-state index in [4.69, 9.17) is 10.8 Å². The third-order valence-electron chi connectivity index (χ3n) is 4.07. The van der Waals surface area contributed by atoms with Crippen molar-refractivity contribution >= 4 is 29.7 Å². The van der Waals surface area contributed by atoms with Gasteiger partial charge in [-0.3, -0.25) is 19.2 Å². The summed E-state index contributed by atoms with van der Waals surface area (Å²) in [6.45, 7) is 2.75. The minimum absolute atomic E-state index is 0.0557. The van der Waals surface area contributed by atoms with Gasteiger partial charge in [-0.25, -0.2) is 9.78 Å². The van der Waals surface area contributed by atoms with E-state index in [9.17, 15) is 29.1 Å². The average Bonchev–Trinajstić information content (AvgIpc) is 3.16. The number of aromatic amines is 1. The lowest BCUT2D eigenvalue weighted by molar-refractivity contribution is -0.142. The van der Waals surface area contributed by atoms with Gasteiger partial charge in [-0.05, 0) is 5.92 Å². The van der Waals surface area contributed by atoms with Crippen LogP contribution in [0.1, 0.15) is 26.0 Å². The second-order valence-electron chi connectivity index (χ2n) is 6.89. The molecule has 0 spiro atoms. The molecule has 0 saturated carbocycles. The summed E-state index contributed by atoms with van der Waals surface area (Å²) in [5.41, 5.74) is 6.17. The summed E-state index contributed by atoms with van der Waals surface area (Å²) < 4.78 is 0. The van der Waals surface area contributed by atoms with Crippen molar-refractivity contribution in [2.24, 2.45) is 11.7 Å². The number of H-pyrrole nitrogens is 1. The van der Waals surface area contributed by atoms with Gasteiger partial charge in [0, 0.05) is 18.3 Å². The number of carbonyl (C=O) groups is 5. The first-order valence-electron chi connectivity index (χ1n) is 9.06. The zero-order valence-corrected chi connectivity index (χ0v) is 16.5. The predicted molar refractivity (Wildman–Crippen MR) is 102 cm³/mol. The Morgan fingerprint density at radius 3 is 2.27 bits per heavy atom. The Balaban J connectivity index is 2.65. The number of hydrogen-bond donors (Lipinski definition) is 7. The molecule has 0 fully saturated rings. The first-order valence-corrected chi connectivity index (χ1v) is 9.06. The normalized spacial score (nSPS) is 13.7. The summed E-state index contributed by atoms with van der Waals surface area (Å²) in [5, 5.41) is 24.8. The van der Waals surface area contributed by atoms with Crippen LogP contribution in [0.3, 0.4) is 0 Å². The SMILES string of the molecule is CC(C)C(N)C(=O)NC(CC(=O)O)C(=O)NCC(=O)NC(Cc1cnc[nH]1)C(=O)O. The van der Waals surface area contributed by atoms with Crippen molar-refractivity contribution in [2.75, 3.05) is 6.54 Å². The zero-order chi connectivity index (χ0) is 22.8. The Morgan fingerprint density at radius 1 is 1.10 bits per heavy atom. The second-order valence-corrected chi connectivity index (χ2v) is 6.89. The van der Waals surface area contributed by atoms with E-state index in [1.165, 1.54) is 12.5 Å². The average molecular weight is 426 g/mol. The van der Waals surface area contributed by atoms with Gasteiger partial charge in [-0.2, -0.15) is 0 Å². The number of nitrogens with two attached hydrogens (primary N) is 1. The number of hydrogen-bond acceptors (Lipinski definition) is 7. The van der Waals surface area contributed by atoms with Crippen molar-refractivity contribution < 1.29 is 34.2 Å². The summed E-state index contributed by atoms with van der Waals surface area (Å²) >= 11 is 0. The summed E-state index contributed by atoms with van der Waals surface area (Å²) in [5.74, 6) is -5.31. The molecule has 1 aromatic rings. The molecule has 8 N–H and O–H groups in total. The van der Waals surface area contributed by atoms with Crippen LogP contribution in [0.15, 0.2) is 12.5 Å². The highest BCUT2D eigenvalue weighted by Gasteiger charge is 2.28. The Bertz CT molecular complexity index is 765. The Morgan fingerprint density at radius 2 is 1.77 bits per heavy atom. The van der Waals surface area contributed by atoms with Gasteiger partial charge < -0.3 is 36.9 Å². The van der Waals surface area contributed by atoms with Gasteiger partial charge in [0.2, 0.25) is 17.7 Å². The van der Waals surface area contributed by atoms with E-state index >= 15 is 0 Å².